The zero-order chi connectivity index (χ0) is 26.7. The average Bonchev–Trinajstić information content (AvgIpc) is 2.90. The lowest BCUT2D eigenvalue weighted by molar-refractivity contribution is 0.110. The third-order valence-corrected chi connectivity index (χ3v) is 7.72. The number of hydrogen-bond donors (Lipinski definition) is 1. The van der Waals surface area contributed by atoms with Crippen LogP contribution in [0.2, 0.25) is 0 Å². The molecule has 0 spiro atoms. The van der Waals surface area contributed by atoms with Crippen LogP contribution >= 0.6 is 7.82 Å². The molecule has 2 atom stereocenters. The second-order valence-electron chi connectivity index (χ2n) is 9.68. The summed E-state index contributed by atoms with van der Waals surface area (Å²) in [5.41, 5.74) is 4.30. The number of rotatable bonds is 17. The molecule has 2 aromatic carbocycles. The molecule has 0 aromatic heterocycles. The van der Waals surface area contributed by atoms with Gasteiger partial charge in [0.15, 0.2) is 0 Å². The first-order chi connectivity index (χ1) is 17.4. The Labute approximate surface area is 221 Å². The molecule has 0 bridgehead atoms. The lowest BCUT2D eigenvalue weighted by Crippen LogP contribution is -2.12. The minimum Gasteiger partial charge on any atom is -0.302 e. The molecule has 1 N–H and O–H groups in total. The number of phosphoric ester groups is 1. The van der Waals surface area contributed by atoms with Crippen molar-refractivity contribution in [2.24, 2.45) is 11.8 Å². The van der Waals surface area contributed by atoms with Crippen LogP contribution in [0.4, 0.5) is 0 Å². The zero-order valence-corrected chi connectivity index (χ0v) is 24.3. The summed E-state index contributed by atoms with van der Waals surface area (Å²) >= 11 is 0. The van der Waals surface area contributed by atoms with E-state index in [-0.39, 0.29) is 0 Å². The molecule has 0 saturated heterocycles. The van der Waals surface area contributed by atoms with Crippen LogP contribution in [-0.2, 0) is 26.5 Å². The second-order valence-corrected chi connectivity index (χ2v) is 11.1. The first-order valence-electron chi connectivity index (χ1n) is 14.1. The van der Waals surface area contributed by atoms with Crippen LogP contribution in [0.3, 0.4) is 0 Å². The van der Waals surface area contributed by atoms with Gasteiger partial charge in [-0.15, -0.1) is 0 Å². The monoisotopic (exact) mass is 518 g/mol. The van der Waals surface area contributed by atoms with Crippen LogP contribution in [0.1, 0.15) is 103 Å². The largest absolute Gasteiger partial charge is 0.472 e. The minimum absolute atomic E-state index is 0.316. The lowest BCUT2D eigenvalue weighted by atomic mass is 9.98. The maximum Gasteiger partial charge on any atom is 0.472 e. The molecule has 0 radical (unpaired) electrons. The molecule has 2 unspecified atom stereocenters. The van der Waals surface area contributed by atoms with Crippen LogP contribution in [0.15, 0.2) is 54.6 Å². The van der Waals surface area contributed by atoms with Gasteiger partial charge in [-0.1, -0.05) is 128 Å². The van der Waals surface area contributed by atoms with Crippen molar-refractivity contribution in [3.8, 4) is 0 Å². The van der Waals surface area contributed by atoms with E-state index in [1.807, 2.05) is 0 Å². The standard InChI is InChI=1S/C16H35O4P.C15H16/c1-5-9-11-15(7-3)13-19-21(17,18)20-14-16(8-4)12-10-6-2;1-2-14-10-6-7-11-15(14)12-13-8-4-3-5-9-13/h15-16H,5-14H2,1-4H3,(H,17,18);3-11H,2,12H2,1H3. The summed E-state index contributed by atoms with van der Waals surface area (Å²) in [6, 6.07) is 19.3. The number of hydrogen-bond acceptors (Lipinski definition) is 3. The molecule has 204 valence electrons. The Morgan fingerprint density at radius 2 is 1.19 bits per heavy atom. The van der Waals surface area contributed by atoms with Crippen LogP contribution in [0.5, 0.6) is 0 Å². The molecule has 0 aliphatic heterocycles. The quantitative estimate of drug-likeness (QED) is 0.212. The van der Waals surface area contributed by atoms with Crippen LogP contribution in [-0.4, -0.2) is 18.1 Å². The molecular formula is C31H51O4P. The fraction of sp³-hybridized carbons (Fsp3) is 0.613. The Bertz CT molecular complexity index is 815. The van der Waals surface area contributed by atoms with Crippen molar-refractivity contribution in [2.45, 2.75) is 98.8 Å². The highest BCUT2D eigenvalue weighted by Gasteiger charge is 2.24. The fourth-order valence-electron chi connectivity index (χ4n) is 4.12. The van der Waals surface area contributed by atoms with Crippen LogP contribution < -0.4 is 0 Å². The van der Waals surface area contributed by atoms with Crippen molar-refractivity contribution >= 4 is 7.82 Å². The SMILES string of the molecule is CCCCC(CC)COP(=O)(O)OCC(CC)CCCC.CCc1ccccc1Cc1ccccc1. The summed E-state index contributed by atoms with van der Waals surface area (Å²) in [6.45, 7) is 11.3. The molecule has 5 heteroatoms. The van der Waals surface area contributed by atoms with E-state index >= 15 is 0 Å². The number of unbranched alkanes of at least 4 members (excludes halogenated alkanes) is 2. The summed E-state index contributed by atoms with van der Waals surface area (Å²) < 4.78 is 22.2. The van der Waals surface area contributed by atoms with Gasteiger partial charge in [-0.05, 0) is 54.2 Å². The van der Waals surface area contributed by atoms with Gasteiger partial charge in [0.25, 0.3) is 0 Å². The molecule has 2 aromatic rings. The van der Waals surface area contributed by atoms with E-state index in [1.165, 1.54) is 16.7 Å². The lowest BCUT2D eigenvalue weighted by Gasteiger charge is -2.20. The normalized spacial score (nSPS) is 14.4. The highest BCUT2D eigenvalue weighted by atomic mass is 31.2. The summed E-state index contributed by atoms with van der Waals surface area (Å²) in [5, 5.41) is 0. The average molecular weight is 519 g/mol. The van der Waals surface area contributed by atoms with Gasteiger partial charge in [0.1, 0.15) is 0 Å². The van der Waals surface area contributed by atoms with E-state index in [9.17, 15) is 9.46 Å². The fourth-order valence-corrected chi connectivity index (χ4v) is 5.00. The molecular weight excluding hydrogens is 467 g/mol. The summed E-state index contributed by atoms with van der Waals surface area (Å²) in [4.78, 5) is 9.77. The van der Waals surface area contributed by atoms with Gasteiger partial charge in [-0.2, -0.15) is 0 Å². The van der Waals surface area contributed by atoms with Gasteiger partial charge < -0.3 is 4.89 Å². The van der Waals surface area contributed by atoms with Crippen molar-refractivity contribution in [2.75, 3.05) is 13.2 Å². The highest BCUT2D eigenvalue weighted by Crippen LogP contribution is 2.44. The van der Waals surface area contributed by atoms with Gasteiger partial charge in [-0.3, -0.25) is 9.05 Å². The summed E-state index contributed by atoms with van der Waals surface area (Å²) in [7, 11) is -3.89. The highest BCUT2D eigenvalue weighted by molar-refractivity contribution is 7.47. The Morgan fingerprint density at radius 3 is 1.64 bits per heavy atom. The molecule has 0 heterocycles. The molecule has 0 fully saturated rings. The third kappa shape index (κ3) is 14.3. The maximum absolute atomic E-state index is 11.9. The molecule has 4 nitrogen and oxygen atoms in total. The first-order valence-corrected chi connectivity index (χ1v) is 15.6. The van der Waals surface area contributed by atoms with Crippen molar-refractivity contribution in [3.05, 3.63) is 71.3 Å². The van der Waals surface area contributed by atoms with Crippen molar-refractivity contribution in [1.29, 1.82) is 0 Å². The molecule has 2 rings (SSSR count). The Kier molecular flexibility index (Phi) is 17.8. The maximum atomic E-state index is 11.9. The summed E-state index contributed by atoms with van der Waals surface area (Å²) in [6.07, 6.45) is 10.7. The van der Waals surface area contributed by atoms with E-state index in [1.54, 1.807) is 0 Å². The smallest absolute Gasteiger partial charge is 0.302 e. The minimum atomic E-state index is -3.89. The third-order valence-electron chi connectivity index (χ3n) is 6.77. The molecule has 0 saturated carbocycles. The number of phosphoric acid groups is 1. The number of benzene rings is 2. The topological polar surface area (TPSA) is 55.8 Å². The molecule has 36 heavy (non-hydrogen) atoms. The van der Waals surface area contributed by atoms with E-state index in [4.69, 9.17) is 9.05 Å². The van der Waals surface area contributed by atoms with E-state index in [0.29, 0.717) is 25.0 Å². The van der Waals surface area contributed by atoms with E-state index in [0.717, 1.165) is 64.2 Å². The van der Waals surface area contributed by atoms with Gasteiger partial charge >= 0.3 is 7.82 Å². The van der Waals surface area contributed by atoms with Crippen molar-refractivity contribution in [3.63, 3.8) is 0 Å². The first kappa shape index (κ1) is 32.6. The molecule has 0 aliphatic carbocycles. The Hall–Kier alpha value is -1.45. The second kappa shape index (κ2) is 19.6. The van der Waals surface area contributed by atoms with Crippen LogP contribution in [0.25, 0.3) is 0 Å². The molecule has 0 amide bonds. The Morgan fingerprint density at radius 1 is 0.722 bits per heavy atom. The van der Waals surface area contributed by atoms with Gasteiger partial charge in [0, 0.05) is 0 Å². The number of aryl methyl sites for hydroxylation is 1. The molecule has 0 aliphatic rings. The van der Waals surface area contributed by atoms with Gasteiger partial charge in [0.05, 0.1) is 13.2 Å². The van der Waals surface area contributed by atoms with Crippen molar-refractivity contribution in [1.82, 2.24) is 0 Å². The zero-order valence-electron chi connectivity index (χ0n) is 23.5. The Balaban J connectivity index is 0.000000377. The van der Waals surface area contributed by atoms with Crippen LogP contribution in [0, 0.1) is 11.8 Å². The van der Waals surface area contributed by atoms with Gasteiger partial charge in [0.2, 0.25) is 0 Å². The van der Waals surface area contributed by atoms with E-state index < -0.39 is 7.82 Å². The van der Waals surface area contributed by atoms with Gasteiger partial charge in [-0.25, -0.2) is 4.57 Å². The predicted molar refractivity (Wildman–Crippen MR) is 153 cm³/mol. The van der Waals surface area contributed by atoms with Crippen molar-refractivity contribution < 1.29 is 18.5 Å². The van der Waals surface area contributed by atoms with E-state index in [2.05, 4.69) is 89.2 Å². The summed E-state index contributed by atoms with van der Waals surface area (Å²) in [5.74, 6) is 0.687. The predicted octanol–water partition coefficient (Wildman–Crippen LogP) is 9.39.